The highest BCUT2D eigenvalue weighted by atomic mass is 16.2. The second-order valence-electron chi connectivity index (χ2n) is 4.47. The minimum Gasteiger partial charge on any atom is -0.338 e. The zero-order valence-corrected chi connectivity index (χ0v) is 9.52. The number of urea groups is 1. The van der Waals surface area contributed by atoms with Crippen LogP contribution in [0.15, 0.2) is 0 Å². The Morgan fingerprint density at radius 3 is 2.60 bits per heavy atom. The normalized spacial score (nSPS) is 23.5. The average molecular weight is 213 g/mol. The highest BCUT2D eigenvalue weighted by Gasteiger charge is 2.39. The van der Waals surface area contributed by atoms with Crippen molar-refractivity contribution in [3.63, 3.8) is 0 Å². The second kappa shape index (κ2) is 4.61. The molecule has 0 aliphatic carbocycles. The van der Waals surface area contributed by atoms with E-state index in [2.05, 4.69) is 16.0 Å². The van der Waals surface area contributed by atoms with Crippen LogP contribution in [-0.2, 0) is 4.79 Å². The summed E-state index contributed by atoms with van der Waals surface area (Å²) < 4.78 is 0. The van der Waals surface area contributed by atoms with Crippen molar-refractivity contribution in [2.45, 2.75) is 33.2 Å². The molecule has 0 unspecified atom stereocenters. The van der Waals surface area contributed by atoms with Gasteiger partial charge in [0.25, 0.3) is 0 Å². The number of amides is 3. The van der Waals surface area contributed by atoms with Gasteiger partial charge in [-0.05, 0) is 25.3 Å². The van der Waals surface area contributed by atoms with Crippen LogP contribution in [0, 0.1) is 5.41 Å². The SMILES string of the molecule is CCNC(=O)NC(=O)[C@H]1NCCC1(C)C. The van der Waals surface area contributed by atoms with Crippen molar-refractivity contribution < 1.29 is 9.59 Å². The number of carbonyl (C=O) groups is 2. The van der Waals surface area contributed by atoms with E-state index in [1.54, 1.807) is 0 Å². The fourth-order valence-corrected chi connectivity index (χ4v) is 1.80. The van der Waals surface area contributed by atoms with Crippen LogP contribution in [-0.4, -0.2) is 31.1 Å². The van der Waals surface area contributed by atoms with Crippen molar-refractivity contribution >= 4 is 11.9 Å². The zero-order valence-electron chi connectivity index (χ0n) is 9.52. The third kappa shape index (κ3) is 2.92. The van der Waals surface area contributed by atoms with Gasteiger partial charge in [0.2, 0.25) is 5.91 Å². The van der Waals surface area contributed by atoms with Crippen LogP contribution in [0.5, 0.6) is 0 Å². The summed E-state index contributed by atoms with van der Waals surface area (Å²) in [7, 11) is 0. The number of hydrogen-bond acceptors (Lipinski definition) is 3. The largest absolute Gasteiger partial charge is 0.338 e. The first-order valence-corrected chi connectivity index (χ1v) is 5.29. The molecule has 0 aromatic carbocycles. The van der Waals surface area contributed by atoms with Crippen LogP contribution in [0.25, 0.3) is 0 Å². The van der Waals surface area contributed by atoms with Crippen LogP contribution in [0.3, 0.4) is 0 Å². The lowest BCUT2D eigenvalue weighted by molar-refractivity contribution is -0.123. The molecule has 5 nitrogen and oxygen atoms in total. The Balaban J connectivity index is 2.50. The van der Waals surface area contributed by atoms with Crippen LogP contribution in [0.4, 0.5) is 4.79 Å². The Morgan fingerprint density at radius 2 is 2.13 bits per heavy atom. The fraction of sp³-hybridized carbons (Fsp3) is 0.800. The molecule has 15 heavy (non-hydrogen) atoms. The first kappa shape index (κ1) is 12.0. The summed E-state index contributed by atoms with van der Waals surface area (Å²) in [5.41, 5.74) is -0.0867. The van der Waals surface area contributed by atoms with Gasteiger partial charge in [0, 0.05) is 6.54 Å². The number of imide groups is 1. The van der Waals surface area contributed by atoms with Gasteiger partial charge in [-0.1, -0.05) is 13.8 Å². The zero-order chi connectivity index (χ0) is 11.5. The van der Waals surface area contributed by atoms with Crippen molar-refractivity contribution in [1.82, 2.24) is 16.0 Å². The fourth-order valence-electron chi connectivity index (χ4n) is 1.80. The number of nitrogens with one attached hydrogen (secondary N) is 3. The maximum absolute atomic E-state index is 11.7. The van der Waals surface area contributed by atoms with E-state index in [1.165, 1.54) is 0 Å². The van der Waals surface area contributed by atoms with Crippen molar-refractivity contribution in [2.75, 3.05) is 13.1 Å². The summed E-state index contributed by atoms with van der Waals surface area (Å²) in [4.78, 5) is 22.9. The molecule has 1 rings (SSSR count). The Bertz CT molecular complexity index is 263. The highest BCUT2D eigenvalue weighted by Crippen LogP contribution is 2.29. The van der Waals surface area contributed by atoms with E-state index in [4.69, 9.17) is 0 Å². The monoisotopic (exact) mass is 213 g/mol. The van der Waals surface area contributed by atoms with E-state index in [0.29, 0.717) is 6.54 Å². The molecule has 1 heterocycles. The van der Waals surface area contributed by atoms with Gasteiger partial charge in [-0.3, -0.25) is 10.1 Å². The molecular weight excluding hydrogens is 194 g/mol. The average Bonchev–Trinajstić information content (AvgIpc) is 2.45. The molecule has 5 heteroatoms. The lowest BCUT2D eigenvalue weighted by Crippen LogP contribution is -2.51. The van der Waals surface area contributed by atoms with Gasteiger partial charge < -0.3 is 10.6 Å². The van der Waals surface area contributed by atoms with Crippen molar-refractivity contribution in [1.29, 1.82) is 0 Å². The first-order valence-electron chi connectivity index (χ1n) is 5.29. The Labute approximate surface area is 90.0 Å². The molecule has 0 bridgehead atoms. The second-order valence-corrected chi connectivity index (χ2v) is 4.47. The van der Waals surface area contributed by atoms with Crippen LogP contribution < -0.4 is 16.0 Å². The molecule has 0 aromatic rings. The predicted octanol–water partition coefficient (Wildman–Crippen LogP) is 0.220. The Kier molecular flexibility index (Phi) is 3.68. The molecular formula is C10H19N3O2. The van der Waals surface area contributed by atoms with Gasteiger partial charge in [0.15, 0.2) is 0 Å². The van der Waals surface area contributed by atoms with E-state index in [9.17, 15) is 9.59 Å². The van der Waals surface area contributed by atoms with Gasteiger partial charge in [-0.2, -0.15) is 0 Å². The van der Waals surface area contributed by atoms with Crippen molar-refractivity contribution in [3.05, 3.63) is 0 Å². The topological polar surface area (TPSA) is 70.2 Å². The molecule has 0 saturated carbocycles. The predicted molar refractivity (Wildman–Crippen MR) is 57.4 cm³/mol. The molecule has 1 saturated heterocycles. The van der Waals surface area contributed by atoms with Crippen LogP contribution in [0.1, 0.15) is 27.2 Å². The summed E-state index contributed by atoms with van der Waals surface area (Å²) in [6, 6.07) is -0.702. The molecule has 1 atom stereocenters. The molecule has 0 aromatic heterocycles. The number of hydrogen-bond donors (Lipinski definition) is 3. The smallest absolute Gasteiger partial charge is 0.321 e. The maximum Gasteiger partial charge on any atom is 0.321 e. The molecule has 1 aliphatic heterocycles. The standard InChI is InChI=1S/C10H19N3O2/c1-4-11-9(15)13-8(14)7-10(2,3)5-6-12-7/h7,12H,4-6H2,1-3H3,(H2,11,13,14,15)/t7-/m1/s1. The minimum atomic E-state index is -0.424. The molecule has 3 amide bonds. The third-order valence-corrected chi connectivity index (χ3v) is 2.74. The van der Waals surface area contributed by atoms with Crippen molar-refractivity contribution in [2.24, 2.45) is 5.41 Å². The summed E-state index contributed by atoms with van der Waals surface area (Å²) >= 11 is 0. The molecule has 1 fully saturated rings. The van der Waals surface area contributed by atoms with E-state index in [-0.39, 0.29) is 17.4 Å². The van der Waals surface area contributed by atoms with Gasteiger partial charge in [-0.15, -0.1) is 0 Å². The summed E-state index contributed by atoms with van der Waals surface area (Å²) in [5, 5.41) is 7.96. The van der Waals surface area contributed by atoms with Crippen molar-refractivity contribution in [3.8, 4) is 0 Å². The molecule has 3 N–H and O–H groups in total. The molecule has 0 spiro atoms. The molecule has 1 aliphatic rings. The summed E-state index contributed by atoms with van der Waals surface area (Å²) in [6.07, 6.45) is 0.945. The first-order chi connectivity index (χ1) is 6.97. The lowest BCUT2D eigenvalue weighted by atomic mass is 9.84. The lowest BCUT2D eigenvalue weighted by Gasteiger charge is -2.24. The third-order valence-electron chi connectivity index (χ3n) is 2.74. The summed E-state index contributed by atoms with van der Waals surface area (Å²) in [5.74, 6) is -0.247. The Morgan fingerprint density at radius 1 is 1.47 bits per heavy atom. The van der Waals surface area contributed by atoms with E-state index < -0.39 is 6.03 Å². The van der Waals surface area contributed by atoms with E-state index in [1.807, 2.05) is 20.8 Å². The number of carbonyl (C=O) groups excluding carboxylic acids is 2. The van der Waals surface area contributed by atoms with E-state index >= 15 is 0 Å². The van der Waals surface area contributed by atoms with E-state index in [0.717, 1.165) is 13.0 Å². The maximum atomic E-state index is 11.7. The van der Waals surface area contributed by atoms with Gasteiger partial charge in [0.1, 0.15) is 0 Å². The van der Waals surface area contributed by atoms with Gasteiger partial charge in [-0.25, -0.2) is 4.79 Å². The van der Waals surface area contributed by atoms with Gasteiger partial charge in [0.05, 0.1) is 6.04 Å². The number of rotatable bonds is 2. The highest BCUT2D eigenvalue weighted by molar-refractivity contribution is 5.97. The summed E-state index contributed by atoms with van der Waals surface area (Å²) in [6.45, 7) is 7.19. The van der Waals surface area contributed by atoms with Gasteiger partial charge >= 0.3 is 6.03 Å². The molecule has 86 valence electrons. The Hall–Kier alpha value is -1.10. The van der Waals surface area contributed by atoms with Crippen LogP contribution >= 0.6 is 0 Å². The minimum absolute atomic E-state index is 0.0867. The molecule has 0 radical (unpaired) electrons. The quantitative estimate of drug-likeness (QED) is 0.614. The van der Waals surface area contributed by atoms with Crippen LogP contribution in [0.2, 0.25) is 0 Å².